The molecule has 0 saturated heterocycles. The topological polar surface area (TPSA) is 46.5 Å². The maximum Gasteiger partial charge on any atom is 0.456 e. The summed E-state index contributed by atoms with van der Waals surface area (Å²) in [5, 5.41) is 8.22. The van der Waals surface area contributed by atoms with E-state index in [-0.39, 0.29) is 0 Å². The van der Waals surface area contributed by atoms with Crippen LogP contribution in [0.25, 0.3) is 0 Å². The molecule has 0 aromatic rings. The Kier molecular flexibility index (Phi) is 4.02. The second-order valence-electron chi connectivity index (χ2n) is 4.00. The molecule has 0 aromatic heterocycles. The number of aliphatic carboxylic acids is 1. The minimum Gasteiger partial charge on any atom is -0.475 e. The summed E-state index contributed by atoms with van der Waals surface area (Å²) in [5.74, 6) is -1.82. The highest BCUT2D eigenvalue weighted by Crippen LogP contribution is 2.31. The van der Waals surface area contributed by atoms with Gasteiger partial charge in [-0.05, 0) is 18.8 Å². The molecule has 1 saturated carbocycles. The monoisotopic (exact) mass is 222 g/mol. The predicted octanol–water partition coefficient (Wildman–Crippen LogP) is 2.65. The fourth-order valence-electron chi connectivity index (χ4n) is 1.98. The summed E-state index contributed by atoms with van der Waals surface area (Å²) in [6, 6.07) is 0. The third kappa shape index (κ3) is 3.41. The molecular weight excluding hydrogens is 206 g/mol. The number of halogens is 2. The SMILES string of the molecule is CCC1CCCC(OC(F)(F)C(=O)O)C1. The van der Waals surface area contributed by atoms with Crippen molar-refractivity contribution >= 4 is 5.97 Å². The van der Waals surface area contributed by atoms with E-state index >= 15 is 0 Å². The zero-order valence-electron chi connectivity index (χ0n) is 8.71. The number of rotatable bonds is 4. The third-order valence-corrected chi connectivity index (χ3v) is 2.88. The summed E-state index contributed by atoms with van der Waals surface area (Å²) in [7, 11) is 0. The number of alkyl halides is 2. The van der Waals surface area contributed by atoms with Gasteiger partial charge >= 0.3 is 12.1 Å². The molecule has 0 bridgehead atoms. The number of carboxylic acid groups (broad SMARTS) is 1. The summed E-state index contributed by atoms with van der Waals surface area (Å²) in [5.41, 5.74) is 0. The van der Waals surface area contributed by atoms with Crippen LogP contribution >= 0.6 is 0 Å². The molecule has 1 aliphatic rings. The first-order valence-corrected chi connectivity index (χ1v) is 5.24. The first kappa shape index (κ1) is 12.4. The predicted molar refractivity (Wildman–Crippen MR) is 49.7 cm³/mol. The van der Waals surface area contributed by atoms with E-state index in [1.54, 1.807) is 0 Å². The number of carboxylic acids is 1. The second-order valence-corrected chi connectivity index (χ2v) is 4.00. The zero-order chi connectivity index (χ0) is 11.5. The lowest BCUT2D eigenvalue weighted by Gasteiger charge is -2.29. The molecule has 1 N–H and O–H groups in total. The highest BCUT2D eigenvalue weighted by molar-refractivity contribution is 5.73. The summed E-state index contributed by atoms with van der Waals surface area (Å²) in [6.45, 7) is 2.00. The molecule has 0 aliphatic heterocycles. The van der Waals surface area contributed by atoms with Gasteiger partial charge < -0.3 is 9.84 Å². The molecule has 5 heteroatoms. The molecule has 1 fully saturated rings. The Labute approximate surface area is 87.4 Å². The van der Waals surface area contributed by atoms with Crippen molar-refractivity contribution in [1.29, 1.82) is 0 Å². The van der Waals surface area contributed by atoms with Gasteiger partial charge in [0.05, 0.1) is 6.10 Å². The van der Waals surface area contributed by atoms with Crippen LogP contribution in [0.3, 0.4) is 0 Å². The zero-order valence-corrected chi connectivity index (χ0v) is 8.71. The Morgan fingerprint density at radius 2 is 2.20 bits per heavy atom. The van der Waals surface area contributed by atoms with E-state index in [0.29, 0.717) is 18.8 Å². The second kappa shape index (κ2) is 4.88. The van der Waals surface area contributed by atoms with Crippen LogP contribution in [-0.2, 0) is 9.53 Å². The van der Waals surface area contributed by atoms with Gasteiger partial charge in [0.25, 0.3) is 0 Å². The van der Waals surface area contributed by atoms with Crippen molar-refractivity contribution in [1.82, 2.24) is 0 Å². The molecule has 15 heavy (non-hydrogen) atoms. The van der Waals surface area contributed by atoms with E-state index in [4.69, 9.17) is 5.11 Å². The van der Waals surface area contributed by atoms with Gasteiger partial charge in [-0.2, -0.15) is 8.78 Å². The molecule has 1 aliphatic carbocycles. The fourth-order valence-corrected chi connectivity index (χ4v) is 1.98. The molecule has 1 rings (SSSR count). The van der Waals surface area contributed by atoms with E-state index in [9.17, 15) is 13.6 Å². The average Bonchev–Trinajstić information content (AvgIpc) is 2.17. The van der Waals surface area contributed by atoms with Gasteiger partial charge in [0, 0.05) is 0 Å². The van der Waals surface area contributed by atoms with Crippen LogP contribution in [-0.4, -0.2) is 23.3 Å². The lowest BCUT2D eigenvalue weighted by atomic mass is 9.85. The Hall–Kier alpha value is -0.710. The van der Waals surface area contributed by atoms with Crippen LogP contribution in [0.2, 0.25) is 0 Å². The quantitative estimate of drug-likeness (QED) is 0.795. The standard InChI is InChI=1S/C10H16F2O3/c1-2-7-4-3-5-8(6-7)15-10(11,12)9(13)14/h7-8H,2-6H2,1H3,(H,13,14). The molecule has 3 nitrogen and oxygen atoms in total. The number of carbonyl (C=O) groups is 1. The number of hydrogen-bond donors (Lipinski definition) is 1. The number of ether oxygens (including phenoxy) is 1. The van der Waals surface area contributed by atoms with Crippen molar-refractivity contribution in [3.05, 3.63) is 0 Å². The van der Waals surface area contributed by atoms with E-state index < -0.39 is 18.2 Å². The maximum absolute atomic E-state index is 12.7. The van der Waals surface area contributed by atoms with Gasteiger partial charge in [0.1, 0.15) is 0 Å². The maximum atomic E-state index is 12.7. The van der Waals surface area contributed by atoms with E-state index in [1.807, 2.05) is 6.92 Å². The van der Waals surface area contributed by atoms with Crippen molar-refractivity contribution in [3.8, 4) is 0 Å². The van der Waals surface area contributed by atoms with Gasteiger partial charge in [0.15, 0.2) is 0 Å². The first-order chi connectivity index (χ1) is 6.95. The highest BCUT2D eigenvalue weighted by atomic mass is 19.3. The molecule has 88 valence electrons. The van der Waals surface area contributed by atoms with Gasteiger partial charge in [-0.3, -0.25) is 0 Å². The largest absolute Gasteiger partial charge is 0.475 e. The molecule has 2 atom stereocenters. The van der Waals surface area contributed by atoms with E-state index in [2.05, 4.69) is 4.74 Å². The molecular formula is C10H16F2O3. The van der Waals surface area contributed by atoms with Crippen molar-refractivity contribution in [2.75, 3.05) is 0 Å². The smallest absolute Gasteiger partial charge is 0.456 e. The first-order valence-electron chi connectivity index (χ1n) is 5.24. The van der Waals surface area contributed by atoms with Crippen molar-refractivity contribution in [2.45, 2.75) is 51.2 Å². The Balaban J connectivity index is 2.47. The molecule has 0 aromatic carbocycles. The minimum absolute atomic E-state index is 0.383. The summed E-state index contributed by atoms with van der Waals surface area (Å²) in [6.07, 6.45) is -0.805. The van der Waals surface area contributed by atoms with Crippen LogP contribution in [0.1, 0.15) is 39.0 Å². The Morgan fingerprint density at radius 1 is 1.53 bits per heavy atom. The van der Waals surface area contributed by atoms with Crippen molar-refractivity contribution in [3.63, 3.8) is 0 Å². The molecule has 0 amide bonds. The van der Waals surface area contributed by atoms with Gasteiger partial charge in [-0.1, -0.05) is 26.2 Å². The summed E-state index contributed by atoms with van der Waals surface area (Å²) >= 11 is 0. The molecule has 0 radical (unpaired) electrons. The molecule has 0 heterocycles. The van der Waals surface area contributed by atoms with Gasteiger partial charge in [-0.15, -0.1) is 0 Å². The number of hydrogen-bond acceptors (Lipinski definition) is 2. The van der Waals surface area contributed by atoms with Crippen LogP contribution in [0.4, 0.5) is 8.78 Å². The van der Waals surface area contributed by atoms with Crippen LogP contribution in [0.5, 0.6) is 0 Å². The van der Waals surface area contributed by atoms with Crippen LogP contribution in [0.15, 0.2) is 0 Å². The molecule has 2 unspecified atom stereocenters. The van der Waals surface area contributed by atoms with E-state index in [1.165, 1.54) is 0 Å². The van der Waals surface area contributed by atoms with Crippen LogP contribution in [0, 0.1) is 5.92 Å². The highest BCUT2D eigenvalue weighted by Gasteiger charge is 2.43. The van der Waals surface area contributed by atoms with Gasteiger partial charge in [-0.25, -0.2) is 4.79 Å². The van der Waals surface area contributed by atoms with Gasteiger partial charge in [0.2, 0.25) is 0 Å². The molecule has 0 spiro atoms. The fraction of sp³-hybridized carbons (Fsp3) is 0.900. The average molecular weight is 222 g/mol. The lowest BCUT2D eigenvalue weighted by Crippen LogP contribution is -2.37. The van der Waals surface area contributed by atoms with Crippen molar-refractivity contribution in [2.24, 2.45) is 5.92 Å². The normalized spacial score (nSPS) is 27.7. The van der Waals surface area contributed by atoms with Crippen LogP contribution < -0.4 is 0 Å². The lowest BCUT2D eigenvalue weighted by molar-refractivity contribution is -0.267. The Bertz CT molecular complexity index is 231. The summed E-state index contributed by atoms with van der Waals surface area (Å²) in [4.78, 5) is 10.2. The van der Waals surface area contributed by atoms with E-state index in [0.717, 1.165) is 19.3 Å². The summed E-state index contributed by atoms with van der Waals surface area (Å²) < 4.78 is 29.8. The van der Waals surface area contributed by atoms with Crippen molar-refractivity contribution < 1.29 is 23.4 Å². The Morgan fingerprint density at radius 3 is 2.73 bits per heavy atom. The minimum atomic E-state index is -4.04. The third-order valence-electron chi connectivity index (χ3n) is 2.88.